The zero-order valence-electron chi connectivity index (χ0n) is 11.6. The Morgan fingerprint density at radius 2 is 2.10 bits per heavy atom. The maximum absolute atomic E-state index is 13.9. The number of rotatable bonds is 3. The van der Waals surface area contributed by atoms with Crippen LogP contribution in [0.3, 0.4) is 0 Å². The lowest BCUT2D eigenvalue weighted by Gasteiger charge is -2.28. The fourth-order valence-electron chi connectivity index (χ4n) is 2.83. The molecule has 21 heavy (non-hydrogen) atoms. The molecule has 0 spiro atoms. The maximum Gasteiger partial charge on any atom is 0.128 e. The van der Waals surface area contributed by atoms with Gasteiger partial charge in [0.2, 0.25) is 0 Å². The van der Waals surface area contributed by atoms with Gasteiger partial charge in [0, 0.05) is 16.1 Å². The van der Waals surface area contributed by atoms with Gasteiger partial charge in [-0.15, -0.1) is 0 Å². The Bertz CT molecular complexity index is 646. The third kappa shape index (κ3) is 3.18. The van der Waals surface area contributed by atoms with Crippen LogP contribution in [0.15, 0.2) is 46.9 Å². The van der Waals surface area contributed by atoms with Crippen molar-refractivity contribution in [3.63, 3.8) is 0 Å². The summed E-state index contributed by atoms with van der Waals surface area (Å²) in [6, 6.07) is 12.7. The van der Waals surface area contributed by atoms with E-state index in [9.17, 15) is 4.39 Å². The molecule has 3 rings (SSSR count). The zero-order chi connectivity index (χ0) is 14.8. The van der Waals surface area contributed by atoms with Gasteiger partial charge in [-0.05, 0) is 42.2 Å². The van der Waals surface area contributed by atoms with Crippen molar-refractivity contribution in [3.05, 3.63) is 69.4 Å². The van der Waals surface area contributed by atoms with E-state index in [1.54, 1.807) is 12.1 Å². The summed E-state index contributed by atoms with van der Waals surface area (Å²) in [4.78, 5) is 0. The summed E-state index contributed by atoms with van der Waals surface area (Å²) < 4.78 is 20.6. The molecule has 0 amide bonds. The van der Waals surface area contributed by atoms with Crippen LogP contribution in [0.2, 0.25) is 0 Å². The number of fused-ring (bicyclic) bond motifs is 1. The van der Waals surface area contributed by atoms with Gasteiger partial charge in [0.25, 0.3) is 0 Å². The molecule has 1 aliphatic heterocycles. The minimum absolute atomic E-state index is 0.0664. The molecule has 0 saturated carbocycles. The summed E-state index contributed by atoms with van der Waals surface area (Å²) in [6.07, 6.45) is 1.43. The van der Waals surface area contributed by atoms with Gasteiger partial charge >= 0.3 is 0 Å². The Kier molecular flexibility index (Phi) is 4.38. The van der Waals surface area contributed by atoms with E-state index in [-0.39, 0.29) is 11.9 Å². The van der Waals surface area contributed by atoms with Crippen molar-refractivity contribution >= 4 is 15.9 Å². The van der Waals surface area contributed by atoms with E-state index < -0.39 is 6.04 Å². The number of halogens is 2. The molecule has 4 heteroatoms. The highest BCUT2D eigenvalue weighted by Crippen LogP contribution is 2.34. The quantitative estimate of drug-likeness (QED) is 0.896. The van der Waals surface area contributed by atoms with E-state index in [0.29, 0.717) is 18.6 Å². The summed E-state index contributed by atoms with van der Waals surface area (Å²) in [5, 5.41) is 0. The van der Waals surface area contributed by atoms with Crippen molar-refractivity contribution in [2.75, 3.05) is 6.61 Å². The third-order valence-corrected chi connectivity index (χ3v) is 4.41. The second kappa shape index (κ2) is 6.26. The lowest BCUT2D eigenvalue weighted by Crippen LogP contribution is -2.22. The smallest absolute Gasteiger partial charge is 0.128 e. The monoisotopic (exact) mass is 349 g/mol. The normalized spacial score (nSPS) is 19.1. The van der Waals surface area contributed by atoms with Gasteiger partial charge in [0.15, 0.2) is 0 Å². The molecule has 0 aromatic heterocycles. The van der Waals surface area contributed by atoms with Crippen LogP contribution in [0.5, 0.6) is 0 Å². The minimum atomic E-state index is -0.390. The van der Waals surface area contributed by atoms with Crippen LogP contribution in [0.1, 0.15) is 35.3 Å². The summed E-state index contributed by atoms with van der Waals surface area (Å²) in [6.45, 7) is 0.690. The summed E-state index contributed by atoms with van der Waals surface area (Å²) in [5.74, 6) is -0.269. The first-order valence-electron chi connectivity index (χ1n) is 7.05. The van der Waals surface area contributed by atoms with Crippen LogP contribution in [-0.4, -0.2) is 6.61 Å². The van der Waals surface area contributed by atoms with E-state index in [1.165, 1.54) is 17.2 Å². The Labute approximate surface area is 132 Å². The second-order valence-electron chi connectivity index (χ2n) is 5.32. The molecule has 110 valence electrons. The molecular formula is C17H17BrFNO. The van der Waals surface area contributed by atoms with Crippen LogP contribution in [-0.2, 0) is 11.2 Å². The number of hydrogen-bond acceptors (Lipinski definition) is 2. The first kappa shape index (κ1) is 14.7. The third-order valence-electron chi connectivity index (χ3n) is 3.92. The van der Waals surface area contributed by atoms with Gasteiger partial charge in [-0.1, -0.05) is 40.2 Å². The molecule has 2 aromatic carbocycles. The summed E-state index contributed by atoms with van der Waals surface area (Å²) in [5.41, 5.74) is 9.21. The van der Waals surface area contributed by atoms with Crippen molar-refractivity contribution in [2.24, 2.45) is 5.73 Å². The van der Waals surface area contributed by atoms with Crippen LogP contribution < -0.4 is 5.73 Å². The predicted molar refractivity (Wildman–Crippen MR) is 84.5 cm³/mol. The van der Waals surface area contributed by atoms with Crippen molar-refractivity contribution in [2.45, 2.75) is 25.0 Å². The van der Waals surface area contributed by atoms with Gasteiger partial charge in [-0.3, -0.25) is 0 Å². The fourth-order valence-corrected chi connectivity index (χ4v) is 3.21. The molecule has 2 N–H and O–H groups in total. The van der Waals surface area contributed by atoms with E-state index in [0.717, 1.165) is 10.9 Å². The van der Waals surface area contributed by atoms with Gasteiger partial charge in [0.1, 0.15) is 5.82 Å². The van der Waals surface area contributed by atoms with Crippen LogP contribution in [0, 0.1) is 5.82 Å². The Morgan fingerprint density at radius 3 is 2.95 bits per heavy atom. The molecule has 0 fully saturated rings. The molecule has 0 aliphatic carbocycles. The molecular weight excluding hydrogens is 333 g/mol. The second-order valence-corrected chi connectivity index (χ2v) is 6.23. The topological polar surface area (TPSA) is 35.2 Å². The molecule has 0 bridgehead atoms. The Balaban J connectivity index is 1.82. The van der Waals surface area contributed by atoms with Crippen molar-refractivity contribution in [1.82, 2.24) is 0 Å². The molecule has 0 saturated heterocycles. The van der Waals surface area contributed by atoms with E-state index >= 15 is 0 Å². The zero-order valence-corrected chi connectivity index (χ0v) is 13.1. The van der Waals surface area contributed by atoms with Gasteiger partial charge in [0.05, 0.1) is 12.7 Å². The molecule has 2 unspecified atom stereocenters. The molecule has 2 aromatic rings. The first-order chi connectivity index (χ1) is 10.1. The molecule has 0 radical (unpaired) electrons. The average Bonchev–Trinajstić information content (AvgIpc) is 2.50. The molecule has 1 heterocycles. The lowest BCUT2D eigenvalue weighted by molar-refractivity contribution is 0.0318. The molecule has 1 aliphatic rings. The lowest BCUT2D eigenvalue weighted by atomic mass is 9.91. The number of benzene rings is 2. The standard InChI is InChI=1S/C17H17BrFNO/c18-12-5-6-15(19)14(9-12)16(20)10-17-13-4-2-1-3-11(13)7-8-21-17/h1-6,9,16-17H,7-8,10,20H2. The Hall–Kier alpha value is -1.23. The van der Waals surface area contributed by atoms with Crippen molar-refractivity contribution in [1.29, 1.82) is 0 Å². The number of hydrogen-bond donors (Lipinski definition) is 1. The minimum Gasteiger partial charge on any atom is -0.373 e. The average molecular weight is 350 g/mol. The van der Waals surface area contributed by atoms with Gasteiger partial charge < -0.3 is 10.5 Å². The van der Waals surface area contributed by atoms with Crippen LogP contribution in [0.25, 0.3) is 0 Å². The van der Waals surface area contributed by atoms with Crippen molar-refractivity contribution in [3.8, 4) is 0 Å². The largest absolute Gasteiger partial charge is 0.373 e. The van der Waals surface area contributed by atoms with Crippen LogP contribution in [0.4, 0.5) is 4.39 Å². The maximum atomic E-state index is 13.9. The SMILES string of the molecule is NC(CC1OCCc2ccccc21)c1cc(Br)ccc1F. The van der Waals surface area contributed by atoms with E-state index in [1.807, 2.05) is 12.1 Å². The van der Waals surface area contributed by atoms with E-state index in [4.69, 9.17) is 10.5 Å². The predicted octanol–water partition coefficient (Wildman–Crippen LogP) is 4.29. The number of ether oxygens (including phenoxy) is 1. The van der Waals surface area contributed by atoms with E-state index in [2.05, 4.69) is 28.1 Å². The molecule has 2 nitrogen and oxygen atoms in total. The van der Waals surface area contributed by atoms with Gasteiger partial charge in [-0.25, -0.2) is 4.39 Å². The summed E-state index contributed by atoms with van der Waals surface area (Å²) in [7, 11) is 0. The van der Waals surface area contributed by atoms with Gasteiger partial charge in [-0.2, -0.15) is 0 Å². The van der Waals surface area contributed by atoms with Crippen LogP contribution >= 0.6 is 15.9 Å². The highest BCUT2D eigenvalue weighted by atomic mass is 79.9. The molecule has 2 atom stereocenters. The van der Waals surface area contributed by atoms with Crippen molar-refractivity contribution < 1.29 is 9.13 Å². The number of nitrogens with two attached hydrogens (primary N) is 1. The summed E-state index contributed by atoms with van der Waals surface area (Å²) >= 11 is 3.36. The highest BCUT2D eigenvalue weighted by Gasteiger charge is 2.24. The first-order valence-corrected chi connectivity index (χ1v) is 7.84. The highest BCUT2D eigenvalue weighted by molar-refractivity contribution is 9.10. The fraction of sp³-hybridized carbons (Fsp3) is 0.294. The Morgan fingerprint density at radius 1 is 1.29 bits per heavy atom.